The largest absolute Gasteiger partial charge is 0.472 e. The van der Waals surface area contributed by atoms with Crippen LogP contribution in [-0.2, 0) is 27.9 Å². The standard InChI is InChI=1S/C51H92NO7P/c1-6-8-10-12-14-16-18-20-22-23-24-25-26-27-28-29-30-32-34-36-38-40-42-44-51(53)59-50(49-58-60(54,55)57-47-45-52(3,4)5)48-56-46-43-41-39-37-35-33-31-21-19-17-15-13-11-9-7-2/h8,10,14,16,20,22,24-25,27-28,30,32,50H,6-7,9,11-13,15,17-19,21,23,26,29,31,33-49H2,1-5H3/p+1/b10-8-,16-14-,22-20-,25-24-,28-27-,32-30-. The van der Waals surface area contributed by atoms with Gasteiger partial charge in [-0.3, -0.25) is 13.8 Å². The van der Waals surface area contributed by atoms with Crippen LogP contribution in [0.4, 0.5) is 0 Å². The lowest BCUT2D eigenvalue weighted by Crippen LogP contribution is -2.37. The zero-order valence-electron chi connectivity index (χ0n) is 39.4. The highest BCUT2D eigenvalue weighted by atomic mass is 31.2. The maximum absolute atomic E-state index is 12.7. The molecule has 0 aromatic rings. The molecular formula is C51H93NO7P+. The van der Waals surface area contributed by atoms with Crippen molar-refractivity contribution in [3.05, 3.63) is 72.9 Å². The highest BCUT2D eigenvalue weighted by Gasteiger charge is 2.26. The first kappa shape index (κ1) is 57.9. The topological polar surface area (TPSA) is 91.3 Å². The Morgan fingerprint density at radius 2 is 0.967 bits per heavy atom. The van der Waals surface area contributed by atoms with Gasteiger partial charge in [0.1, 0.15) is 19.3 Å². The Bertz CT molecular complexity index is 1190. The van der Waals surface area contributed by atoms with Gasteiger partial charge >= 0.3 is 13.8 Å². The zero-order valence-corrected chi connectivity index (χ0v) is 40.3. The Morgan fingerprint density at radius 1 is 0.533 bits per heavy atom. The normalized spacial score (nSPS) is 14.3. The predicted molar refractivity (Wildman–Crippen MR) is 256 cm³/mol. The summed E-state index contributed by atoms with van der Waals surface area (Å²) in [6.45, 7) is 5.48. The molecule has 0 bridgehead atoms. The van der Waals surface area contributed by atoms with E-state index in [2.05, 4.69) is 86.8 Å². The summed E-state index contributed by atoms with van der Waals surface area (Å²) < 4.78 is 35.1. The van der Waals surface area contributed by atoms with E-state index in [9.17, 15) is 14.3 Å². The van der Waals surface area contributed by atoms with Crippen LogP contribution in [0.1, 0.15) is 187 Å². The van der Waals surface area contributed by atoms with Gasteiger partial charge in [-0.2, -0.15) is 0 Å². The number of quaternary nitrogens is 1. The van der Waals surface area contributed by atoms with E-state index in [1.165, 1.54) is 83.5 Å². The number of ether oxygens (including phenoxy) is 2. The second-order valence-electron chi connectivity index (χ2n) is 17.1. The van der Waals surface area contributed by atoms with E-state index in [4.69, 9.17) is 18.5 Å². The summed E-state index contributed by atoms with van der Waals surface area (Å²) in [6.07, 6.45) is 56.5. The van der Waals surface area contributed by atoms with E-state index in [0.29, 0.717) is 24.1 Å². The number of rotatable bonds is 44. The van der Waals surface area contributed by atoms with Gasteiger partial charge in [-0.25, -0.2) is 4.57 Å². The van der Waals surface area contributed by atoms with E-state index in [1.54, 1.807) is 0 Å². The van der Waals surface area contributed by atoms with Gasteiger partial charge < -0.3 is 18.9 Å². The van der Waals surface area contributed by atoms with Crippen molar-refractivity contribution in [2.24, 2.45) is 0 Å². The maximum atomic E-state index is 12.7. The first-order chi connectivity index (χ1) is 29.1. The third-order valence-electron chi connectivity index (χ3n) is 10.0. The fourth-order valence-corrected chi connectivity index (χ4v) is 7.06. The van der Waals surface area contributed by atoms with Crippen LogP contribution in [0.5, 0.6) is 0 Å². The van der Waals surface area contributed by atoms with Gasteiger partial charge in [-0.15, -0.1) is 0 Å². The molecule has 348 valence electrons. The molecule has 8 nitrogen and oxygen atoms in total. The Hall–Kier alpha value is -2.06. The van der Waals surface area contributed by atoms with Crippen molar-refractivity contribution >= 4 is 13.8 Å². The molecule has 0 aromatic carbocycles. The van der Waals surface area contributed by atoms with Crippen molar-refractivity contribution in [1.29, 1.82) is 0 Å². The number of nitrogens with zero attached hydrogens (tertiary/aromatic N) is 1. The summed E-state index contributed by atoms with van der Waals surface area (Å²) in [6, 6.07) is 0. The van der Waals surface area contributed by atoms with Crippen molar-refractivity contribution < 1.29 is 37.3 Å². The molecule has 0 radical (unpaired) electrons. The summed E-state index contributed by atoms with van der Waals surface area (Å²) in [4.78, 5) is 23.0. The lowest BCUT2D eigenvalue weighted by molar-refractivity contribution is -0.870. The quantitative estimate of drug-likeness (QED) is 0.0214. The molecule has 0 aliphatic rings. The van der Waals surface area contributed by atoms with E-state index in [-0.39, 0.29) is 25.8 Å². The lowest BCUT2D eigenvalue weighted by Gasteiger charge is -2.24. The SMILES string of the molecule is CC/C=C\C/C=C\C/C=C\C/C=C\C/C=C\C/C=C\CCCCCCC(=O)OC(COCCCCCCCCCCCCCCCCC)COP(=O)(O)OCC[N+](C)(C)C. The maximum Gasteiger partial charge on any atom is 0.472 e. The molecular weight excluding hydrogens is 770 g/mol. The van der Waals surface area contributed by atoms with Crippen molar-refractivity contribution in [2.75, 3.05) is 54.1 Å². The van der Waals surface area contributed by atoms with E-state index in [0.717, 1.165) is 83.5 Å². The molecule has 0 fully saturated rings. The summed E-state index contributed by atoms with van der Waals surface area (Å²) >= 11 is 0. The van der Waals surface area contributed by atoms with Gasteiger partial charge in [0.25, 0.3) is 0 Å². The van der Waals surface area contributed by atoms with Crippen molar-refractivity contribution in [2.45, 2.75) is 193 Å². The molecule has 0 aliphatic carbocycles. The highest BCUT2D eigenvalue weighted by molar-refractivity contribution is 7.47. The minimum atomic E-state index is -4.29. The number of esters is 1. The highest BCUT2D eigenvalue weighted by Crippen LogP contribution is 2.43. The molecule has 0 saturated heterocycles. The number of phosphoric acid groups is 1. The molecule has 0 amide bonds. The molecule has 0 aliphatic heterocycles. The van der Waals surface area contributed by atoms with Gasteiger partial charge in [0.2, 0.25) is 0 Å². The van der Waals surface area contributed by atoms with Crippen LogP contribution in [0.25, 0.3) is 0 Å². The van der Waals surface area contributed by atoms with Crippen LogP contribution in [0.15, 0.2) is 72.9 Å². The van der Waals surface area contributed by atoms with E-state index in [1.807, 2.05) is 21.1 Å². The van der Waals surface area contributed by atoms with Crippen LogP contribution < -0.4 is 0 Å². The molecule has 9 heteroatoms. The molecule has 60 heavy (non-hydrogen) atoms. The van der Waals surface area contributed by atoms with Crippen LogP contribution in [0.3, 0.4) is 0 Å². The number of likely N-dealkylation sites (N-methyl/N-ethyl adjacent to an activating group) is 1. The Morgan fingerprint density at radius 3 is 1.45 bits per heavy atom. The minimum Gasteiger partial charge on any atom is -0.457 e. The molecule has 0 spiro atoms. The van der Waals surface area contributed by atoms with Crippen molar-refractivity contribution in [1.82, 2.24) is 0 Å². The van der Waals surface area contributed by atoms with Crippen LogP contribution >= 0.6 is 7.82 Å². The second-order valence-corrected chi connectivity index (χ2v) is 18.6. The number of hydrogen-bond donors (Lipinski definition) is 1. The Labute approximate surface area is 370 Å². The van der Waals surface area contributed by atoms with Crippen molar-refractivity contribution in [3.63, 3.8) is 0 Å². The number of hydrogen-bond acceptors (Lipinski definition) is 6. The van der Waals surface area contributed by atoms with E-state index >= 15 is 0 Å². The second kappa shape index (κ2) is 43.6. The van der Waals surface area contributed by atoms with Gasteiger partial charge in [-0.1, -0.05) is 189 Å². The fraction of sp³-hybridized carbons (Fsp3) is 0.745. The molecule has 0 heterocycles. The van der Waals surface area contributed by atoms with Crippen LogP contribution in [0.2, 0.25) is 0 Å². The third kappa shape index (κ3) is 47.0. The average Bonchev–Trinajstić information content (AvgIpc) is 3.20. The van der Waals surface area contributed by atoms with Crippen LogP contribution in [-0.4, -0.2) is 75.6 Å². The van der Waals surface area contributed by atoms with Gasteiger partial charge in [0, 0.05) is 13.0 Å². The molecule has 1 N–H and O–H groups in total. The van der Waals surface area contributed by atoms with Gasteiger partial charge in [-0.05, 0) is 64.2 Å². The number of carbonyl (C=O) groups is 1. The number of phosphoric ester groups is 1. The van der Waals surface area contributed by atoms with Gasteiger partial charge in [0.05, 0.1) is 34.4 Å². The lowest BCUT2D eigenvalue weighted by atomic mass is 10.0. The minimum absolute atomic E-state index is 0.0809. The number of carbonyl (C=O) groups excluding carboxylic acids is 1. The summed E-state index contributed by atoms with van der Waals surface area (Å²) in [5.74, 6) is -0.338. The molecule has 0 aromatic heterocycles. The van der Waals surface area contributed by atoms with Crippen LogP contribution in [0, 0.1) is 0 Å². The zero-order chi connectivity index (χ0) is 44.1. The molecule has 0 rings (SSSR count). The smallest absolute Gasteiger partial charge is 0.457 e. The van der Waals surface area contributed by atoms with Gasteiger partial charge in [0.15, 0.2) is 0 Å². The predicted octanol–water partition coefficient (Wildman–Crippen LogP) is 14.7. The first-order valence-electron chi connectivity index (χ1n) is 24.2. The third-order valence-corrected chi connectivity index (χ3v) is 11.0. The van der Waals surface area contributed by atoms with E-state index < -0.39 is 13.9 Å². The van der Waals surface area contributed by atoms with Crippen molar-refractivity contribution in [3.8, 4) is 0 Å². The monoisotopic (exact) mass is 863 g/mol. The average molecular weight is 863 g/mol. The summed E-state index contributed by atoms with van der Waals surface area (Å²) in [7, 11) is 1.64. The number of allylic oxidation sites excluding steroid dienone is 12. The fourth-order valence-electron chi connectivity index (χ4n) is 6.32. The summed E-state index contributed by atoms with van der Waals surface area (Å²) in [5.41, 5.74) is 0. The molecule has 2 atom stereocenters. The summed E-state index contributed by atoms with van der Waals surface area (Å²) in [5, 5.41) is 0. The Kier molecular flexibility index (Phi) is 42.1. The molecule has 0 saturated carbocycles. The first-order valence-corrected chi connectivity index (χ1v) is 25.7. The number of unbranched alkanes of at least 4 members (excludes halogenated alkanes) is 18. The Balaban J connectivity index is 4.25. The molecule has 2 unspecified atom stereocenters.